The van der Waals surface area contributed by atoms with Crippen LogP contribution in [0, 0.1) is 0 Å². The van der Waals surface area contributed by atoms with E-state index in [-0.39, 0.29) is 28.9 Å². The standard InChI is InChI=1S/C17H16Cl2N4O4S2/c18-8-1-3-9(4-2-8)28-7-11(20)21-5-12(24)22-13-15(25)23-14(17(26)27)10(19)6-29-16(13)23/h1-4,13,16H,5-7H2,(H2,20,21)(H,22,24)(H,26,27)/t13?,16-/m0/s1. The van der Waals surface area contributed by atoms with Crippen molar-refractivity contribution < 1.29 is 19.5 Å². The number of nitrogens with two attached hydrogens (primary N) is 1. The van der Waals surface area contributed by atoms with E-state index in [1.165, 1.54) is 23.5 Å². The molecule has 1 aromatic rings. The predicted molar refractivity (Wildman–Crippen MR) is 114 cm³/mol. The molecule has 2 heterocycles. The number of fused-ring (bicyclic) bond motifs is 1. The van der Waals surface area contributed by atoms with Gasteiger partial charge in [0.15, 0.2) is 0 Å². The second-order valence-corrected chi connectivity index (χ2v) is 9.11. The molecule has 154 valence electrons. The number of carboxylic acids is 1. The minimum absolute atomic E-state index is 0.104. The van der Waals surface area contributed by atoms with Gasteiger partial charge in [-0.2, -0.15) is 0 Å². The van der Waals surface area contributed by atoms with Crippen LogP contribution in [0.3, 0.4) is 0 Å². The van der Waals surface area contributed by atoms with E-state index < -0.39 is 29.2 Å². The number of nitrogens with one attached hydrogen (secondary N) is 1. The molecule has 3 rings (SSSR count). The van der Waals surface area contributed by atoms with E-state index in [0.29, 0.717) is 10.8 Å². The Balaban J connectivity index is 1.50. The molecule has 0 aromatic heterocycles. The molecule has 12 heteroatoms. The lowest BCUT2D eigenvalue weighted by molar-refractivity contribution is -0.150. The van der Waals surface area contributed by atoms with E-state index in [9.17, 15) is 19.5 Å². The maximum atomic E-state index is 12.3. The summed E-state index contributed by atoms with van der Waals surface area (Å²) in [5.41, 5.74) is 5.61. The molecule has 8 nitrogen and oxygen atoms in total. The summed E-state index contributed by atoms with van der Waals surface area (Å²) in [5.74, 6) is -1.31. The number of amidine groups is 1. The molecule has 0 saturated carbocycles. The zero-order valence-electron chi connectivity index (χ0n) is 14.8. The van der Waals surface area contributed by atoms with Gasteiger partial charge in [-0.05, 0) is 24.3 Å². The first-order valence-corrected chi connectivity index (χ1v) is 11.1. The van der Waals surface area contributed by atoms with Crippen molar-refractivity contribution in [1.29, 1.82) is 0 Å². The van der Waals surface area contributed by atoms with E-state index in [1.54, 1.807) is 12.1 Å². The Morgan fingerprint density at radius 3 is 2.69 bits per heavy atom. The van der Waals surface area contributed by atoms with Crippen molar-refractivity contribution in [3.05, 3.63) is 40.0 Å². The van der Waals surface area contributed by atoms with Crippen molar-refractivity contribution in [3.8, 4) is 0 Å². The van der Waals surface area contributed by atoms with Crippen LogP contribution in [0.25, 0.3) is 0 Å². The third-order valence-corrected chi connectivity index (χ3v) is 7.12. The Morgan fingerprint density at radius 1 is 1.34 bits per heavy atom. The average Bonchev–Trinajstić information content (AvgIpc) is 2.69. The second-order valence-electron chi connectivity index (χ2n) is 6.06. The molecule has 0 spiro atoms. The third kappa shape index (κ3) is 5.00. The molecule has 1 unspecified atom stereocenters. The largest absolute Gasteiger partial charge is 0.477 e. The summed E-state index contributed by atoms with van der Waals surface area (Å²) in [7, 11) is 0. The Kier molecular flexibility index (Phi) is 6.99. The van der Waals surface area contributed by atoms with Crippen molar-refractivity contribution in [2.24, 2.45) is 10.7 Å². The number of hydrogen-bond acceptors (Lipinski definition) is 6. The van der Waals surface area contributed by atoms with E-state index in [4.69, 9.17) is 28.9 Å². The summed E-state index contributed by atoms with van der Waals surface area (Å²) in [6.45, 7) is -0.226. The highest BCUT2D eigenvalue weighted by Gasteiger charge is 2.54. The summed E-state index contributed by atoms with van der Waals surface area (Å²) in [6, 6.07) is 6.44. The first-order chi connectivity index (χ1) is 13.8. The highest BCUT2D eigenvalue weighted by atomic mass is 35.5. The van der Waals surface area contributed by atoms with Crippen LogP contribution in [-0.4, -0.2) is 63.1 Å². The zero-order valence-corrected chi connectivity index (χ0v) is 17.9. The number of aliphatic carboxylic acids is 1. The number of carbonyl (C=O) groups excluding carboxylic acids is 2. The van der Waals surface area contributed by atoms with Gasteiger partial charge in [0.05, 0.1) is 10.8 Å². The quantitative estimate of drug-likeness (QED) is 0.237. The summed E-state index contributed by atoms with van der Waals surface area (Å²) in [4.78, 5) is 41.8. The smallest absolute Gasteiger partial charge is 0.353 e. The predicted octanol–water partition coefficient (Wildman–Crippen LogP) is 1.72. The normalized spacial score (nSPS) is 21.5. The Bertz CT molecular complexity index is 907. The van der Waals surface area contributed by atoms with Gasteiger partial charge in [0.2, 0.25) is 5.91 Å². The molecule has 2 amide bonds. The lowest BCUT2D eigenvalue weighted by Crippen LogP contribution is -2.70. The van der Waals surface area contributed by atoms with E-state index in [2.05, 4.69) is 10.3 Å². The molecule has 29 heavy (non-hydrogen) atoms. The third-order valence-electron chi connectivity index (χ3n) is 4.07. The van der Waals surface area contributed by atoms with Crippen LogP contribution in [0.15, 0.2) is 44.9 Å². The maximum Gasteiger partial charge on any atom is 0.353 e. The van der Waals surface area contributed by atoms with E-state index in [0.717, 1.165) is 9.80 Å². The number of benzene rings is 1. The summed E-state index contributed by atoms with van der Waals surface area (Å²) >= 11 is 14.5. The molecule has 2 aliphatic rings. The number of thioether (sulfide) groups is 2. The molecule has 0 bridgehead atoms. The molecule has 2 aliphatic heterocycles. The fraction of sp³-hybridized carbons (Fsp3) is 0.294. The minimum atomic E-state index is -1.27. The molecule has 0 radical (unpaired) electrons. The molecule has 1 fully saturated rings. The molecule has 4 N–H and O–H groups in total. The Morgan fingerprint density at radius 2 is 2.03 bits per heavy atom. The van der Waals surface area contributed by atoms with Gasteiger partial charge in [0.25, 0.3) is 5.91 Å². The number of carboxylic acid groups (broad SMARTS) is 1. The summed E-state index contributed by atoms with van der Waals surface area (Å²) in [5, 5.41) is 12.1. The topological polar surface area (TPSA) is 125 Å². The lowest BCUT2D eigenvalue weighted by atomic mass is 10.1. The molecule has 2 atom stereocenters. The number of rotatable bonds is 7. The first-order valence-electron chi connectivity index (χ1n) is 8.31. The molecular weight excluding hydrogens is 459 g/mol. The molecule has 1 aromatic carbocycles. The fourth-order valence-electron chi connectivity index (χ4n) is 2.71. The number of hydrogen-bond donors (Lipinski definition) is 3. The van der Waals surface area contributed by atoms with Crippen LogP contribution in [0.4, 0.5) is 0 Å². The summed E-state index contributed by atoms with van der Waals surface area (Å²) in [6.07, 6.45) is 0. The van der Waals surface area contributed by atoms with Gasteiger partial charge in [-0.25, -0.2) is 4.79 Å². The number of amides is 2. The van der Waals surface area contributed by atoms with Crippen LogP contribution >= 0.6 is 46.7 Å². The van der Waals surface area contributed by atoms with Crippen LogP contribution in [0.1, 0.15) is 0 Å². The highest BCUT2D eigenvalue weighted by molar-refractivity contribution is 8.00. The van der Waals surface area contributed by atoms with Crippen LogP contribution < -0.4 is 11.1 Å². The Hall–Kier alpha value is -1.88. The van der Waals surface area contributed by atoms with Crippen molar-refractivity contribution in [2.75, 3.05) is 18.1 Å². The SMILES string of the molecule is NC(CSc1ccc(Cl)cc1)=NCC(=O)NC1C(=O)N2C(C(=O)O)=C(Cl)CS[C@@H]12. The van der Waals surface area contributed by atoms with Gasteiger partial charge in [0, 0.05) is 15.7 Å². The van der Waals surface area contributed by atoms with Crippen molar-refractivity contribution >= 4 is 70.3 Å². The van der Waals surface area contributed by atoms with Gasteiger partial charge in [-0.3, -0.25) is 19.5 Å². The summed E-state index contributed by atoms with van der Waals surface area (Å²) < 4.78 is 0. The zero-order chi connectivity index (χ0) is 21.1. The second kappa shape index (κ2) is 9.29. The van der Waals surface area contributed by atoms with Crippen molar-refractivity contribution in [3.63, 3.8) is 0 Å². The molecule has 1 saturated heterocycles. The number of aliphatic imine (C=N–C) groups is 1. The number of nitrogens with zero attached hydrogens (tertiary/aromatic N) is 2. The highest BCUT2D eigenvalue weighted by Crippen LogP contribution is 2.41. The van der Waals surface area contributed by atoms with Crippen LogP contribution in [0.2, 0.25) is 5.02 Å². The molecule has 0 aliphatic carbocycles. The first kappa shape index (κ1) is 21.8. The van der Waals surface area contributed by atoms with Gasteiger partial charge >= 0.3 is 5.97 Å². The fourth-order valence-corrected chi connectivity index (χ4v) is 5.12. The van der Waals surface area contributed by atoms with Crippen molar-refractivity contribution in [1.82, 2.24) is 10.2 Å². The van der Waals surface area contributed by atoms with E-state index in [1.807, 2.05) is 12.1 Å². The van der Waals surface area contributed by atoms with Gasteiger partial charge < -0.3 is 16.2 Å². The number of halogens is 2. The van der Waals surface area contributed by atoms with Gasteiger partial charge in [-0.15, -0.1) is 23.5 Å². The number of carbonyl (C=O) groups is 3. The van der Waals surface area contributed by atoms with Gasteiger partial charge in [-0.1, -0.05) is 23.2 Å². The van der Waals surface area contributed by atoms with Gasteiger partial charge in [0.1, 0.15) is 29.5 Å². The Labute approximate surface area is 184 Å². The average molecular weight is 475 g/mol. The number of β-lactam (4-membered cyclic amide) rings is 1. The van der Waals surface area contributed by atoms with Crippen LogP contribution in [-0.2, 0) is 14.4 Å². The van der Waals surface area contributed by atoms with Crippen molar-refractivity contribution in [2.45, 2.75) is 16.3 Å². The molecular formula is C17H16Cl2N4O4S2. The van der Waals surface area contributed by atoms with Crippen LogP contribution in [0.5, 0.6) is 0 Å². The monoisotopic (exact) mass is 474 g/mol. The maximum absolute atomic E-state index is 12.3. The van der Waals surface area contributed by atoms with E-state index >= 15 is 0 Å². The minimum Gasteiger partial charge on any atom is -0.477 e. The lowest BCUT2D eigenvalue weighted by Gasteiger charge is -2.48.